The number of carboxylic acid groups (broad SMARTS) is 1. The van der Waals surface area contributed by atoms with Crippen LogP contribution < -0.4 is 10.6 Å². The zero-order valence-corrected chi connectivity index (χ0v) is 8.82. The first-order chi connectivity index (χ1) is 7.70. The van der Waals surface area contributed by atoms with Crippen LogP contribution in [0.15, 0.2) is 12.1 Å². The minimum atomic E-state index is -4.41. The number of halogens is 3. The third-order valence-electron chi connectivity index (χ3n) is 1.90. The van der Waals surface area contributed by atoms with Crippen molar-refractivity contribution in [3.8, 4) is 0 Å². The predicted molar refractivity (Wildman–Crippen MR) is 54.9 cm³/mol. The lowest BCUT2D eigenvalue weighted by molar-refractivity contribution is -0.119. The first-order valence-corrected chi connectivity index (χ1v) is 4.48. The lowest BCUT2D eigenvalue weighted by atomic mass is 10.3. The molecule has 0 radical (unpaired) electrons. The summed E-state index contributed by atoms with van der Waals surface area (Å²) in [5.41, 5.74) is 5.07. The van der Waals surface area contributed by atoms with Crippen molar-refractivity contribution in [1.29, 1.82) is 0 Å². The lowest BCUT2D eigenvalue weighted by Crippen LogP contribution is -2.32. The van der Waals surface area contributed by atoms with Gasteiger partial charge in [0.25, 0.3) is 0 Å². The van der Waals surface area contributed by atoms with Crippen molar-refractivity contribution in [1.82, 2.24) is 4.98 Å². The Morgan fingerprint density at radius 2 is 2.12 bits per heavy atom. The maximum atomic E-state index is 12.2. The molecular formula is C9H10F3N3O2. The van der Waals surface area contributed by atoms with E-state index < -0.39 is 18.7 Å². The van der Waals surface area contributed by atoms with E-state index in [9.17, 15) is 18.0 Å². The Morgan fingerprint density at radius 3 is 2.59 bits per heavy atom. The number of anilines is 2. The fourth-order valence-corrected chi connectivity index (χ4v) is 1.23. The Kier molecular flexibility index (Phi) is 3.45. The molecule has 0 saturated carbocycles. The Bertz CT molecular complexity index is 434. The average Bonchev–Trinajstić information content (AvgIpc) is 2.14. The third kappa shape index (κ3) is 3.51. The molecule has 0 spiro atoms. The van der Waals surface area contributed by atoms with Crippen molar-refractivity contribution in [2.45, 2.75) is 6.18 Å². The van der Waals surface area contributed by atoms with Crippen molar-refractivity contribution in [3.63, 3.8) is 0 Å². The van der Waals surface area contributed by atoms with Gasteiger partial charge in [-0.15, -0.1) is 0 Å². The molecule has 1 rings (SSSR count). The molecule has 0 saturated heterocycles. The van der Waals surface area contributed by atoms with E-state index in [-0.39, 0.29) is 17.2 Å². The van der Waals surface area contributed by atoms with Crippen molar-refractivity contribution < 1.29 is 23.1 Å². The second-order valence-electron chi connectivity index (χ2n) is 3.39. The maximum Gasteiger partial charge on any atom is 0.405 e. The third-order valence-corrected chi connectivity index (χ3v) is 1.90. The summed E-state index contributed by atoms with van der Waals surface area (Å²) in [6.07, 6.45) is -4.41. The lowest BCUT2D eigenvalue weighted by Gasteiger charge is -2.21. The minimum Gasteiger partial charge on any atom is -0.477 e. The number of carboxylic acids is 1. The van der Waals surface area contributed by atoms with Crippen LogP contribution in [0.4, 0.5) is 24.7 Å². The fraction of sp³-hybridized carbons (Fsp3) is 0.333. The van der Waals surface area contributed by atoms with Crippen LogP contribution in [-0.4, -0.2) is 35.8 Å². The zero-order valence-electron chi connectivity index (χ0n) is 8.82. The Labute approximate surface area is 94.7 Å². The monoisotopic (exact) mass is 249 g/mol. The van der Waals surface area contributed by atoms with E-state index in [1.807, 2.05) is 0 Å². The molecule has 0 aliphatic rings. The van der Waals surface area contributed by atoms with Crippen LogP contribution in [0.25, 0.3) is 0 Å². The largest absolute Gasteiger partial charge is 0.477 e. The molecule has 1 aromatic heterocycles. The van der Waals surface area contributed by atoms with Gasteiger partial charge in [0.1, 0.15) is 6.54 Å². The molecule has 8 heteroatoms. The summed E-state index contributed by atoms with van der Waals surface area (Å²) in [6.45, 7) is -1.26. The van der Waals surface area contributed by atoms with Gasteiger partial charge in [0.15, 0.2) is 11.5 Å². The van der Waals surface area contributed by atoms with E-state index in [1.54, 1.807) is 0 Å². The second kappa shape index (κ2) is 4.48. The van der Waals surface area contributed by atoms with Gasteiger partial charge < -0.3 is 15.7 Å². The zero-order chi connectivity index (χ0) is 13.2. The Hall–Kier alpha value is -1.99. The molecule has 0 aromatic carbocycles. The summed E-state index contributed by atoms with van der Waals surface area (Å²) in [5, 5.41) is 8.67. The van der Waals surface area contributed by atoms with E-state index in [2.05, 4.69) is 4.98 Å². The quantitative estimate of drug-likeness (QED) is 0.845. The normalized spacial score (nSPS) is 11.3. The van der Waals surface area contributed by atoms with Crippen LogP contribution in [0.1, 0.15) is 10.5 Å². The summed E-state index contributed by atoms with van der Waals surface area (Å²) in [6, 6.07) is 2.33. The standard InChI is InChI=1S/C9H10F3N3O2/c1-15(4-9(10,11)12)7-5(13)2-3-6(14-7)8(16)17/h2-3H,4,13H2,1H3,(H,16,17). The van der Waals surface area contributed by atoms with Crippen molar-refractivity contribution in [3.05, 3.63) is 17.8 Å². The topological polar surface area (TPSA) is 79.5 Å². The molecule has 3 N–H and O–H groups in total. The molecule has 1 aromatic rings. The number of hydrogen-bond donors (Lipinski definition) is 2. The van der Waals surface area contributed by atoms with Crippen LogP contribution >= 0.6 is 0 Å². The number of aromatic carboxylic acids is 1. The molecule has 0 unspecified atom stereocenters. The highest BCUT2D eigenvalue weighted by Crippen LogP contribution is 2.24. The van der Waals surface area contributed by atoms with E-state index in [4.69, 9.17) is 10.8 Å². The number of hydrogen-bond acceptors (Lipinski definition) is 4. The van der Waals surface area contributed by atoms with Gasteiger partial charge in [-0.25, -0.2) is 9.78 Å². The predicted octanol–water partition coefficient (Wildman–Crippen LogP) is 1.36. The number of nitrogen functional groups attached to an aromatic ring is 1. The first kappa shape index (κ1) is 13.1. The van der Waals surface area contributed by atoms with Crippen molar-refractivity contribution in [2.24, 2.45) is 0 Å². The number of rotatable bonds is 3. The maximum absolute atomic E-state index is 12.2. The SMILES string of the molecule is CN(CC(F)(F)F)c1nc(C(=O)O)ccc1N. The van der Waals surface area contributed by atoms with Crippen LogP contribution in [0.2, 0.25) is 0 Å². The Morgan fingerprint density at radius 1 is 1.53 bits per heavy atom. The van der Waals surface area contributed by atoms with Crippen LogP contribution in [-0.2, 0) is 0 Å². The van der Waals surface area contributed by atoms with Gasteiger partial charge in [-0.2, -0.15) is 13.2 Å². The van der Waals surface area contributed by atoms with Gasteiger partial charge in [-0.05, 0) is 12.1 Å². The highest BCUT2D eigenvalue weighted by molar-refractivity contribution is 5.86. The molecule has 0 aliphatic heterocycles. The number of alkyl halides is 3. The molecule has 0 bridgehead atoms. The van der Waals surface area contributed by atoms with Gasteiger partial charge >= 0.3 is 12.1 Å². The van der Waals surface area contributed by atoms with Gasteiger partial charge in [0.2, 0.25) is 0 Å². The molecule has 94 valence electrons. The highest BCUT2D eigenvalue weighted by atomic mass is 19.4. The number of pyridine rings is 1. The average molecular weight is 249 g/mol. The smallest absolute Gasteiger partial charge is 0.405 e. The highest BCUT2D eigenvalue weighted by Gasteiger charge is 2.30. The molecular weight excluding hydrogens is 239 g/mol. The number of nitrogens with zero attached hydrogens (tertiary/aromatic N) is 2. The molecule has 1 heterocycles. The number of nitrogens with two attached hydrogens (primary N) is 1. The second-order valence-corrected chi connectivity index (χ2v) is 3.39. The first-order valence-electron chi connectivity index (χ1n) is 4.48. The molecule has 0 fully saturated rings. The van der Waals surface area contributed by atoms with E-state index >= 15 is 0 Å². The van der Waals surface area contributed by atoms with Crippen molar-refractivity contribution in [2.75, 3.05) is 24.2 Å². The molecule has 0 amide bonds. The molecule has 5 nitrogen and oxygen atoms in total. The summed E-state index contributed by atoms with van der Waals surface area (Å²) < 4.78 is 36.5. The van der Waals surface area contributed by atoms with Gasteiger partial charge in [-0.1, -0.05) is 0 Å². The summed E-state index contributed by atoms with van der Waals surface area (Å²) in [5.74, 6) is -1.53. The molecule has 0 aliphatic carbocycles. The number of carbonyl (C=O) groups is 1. The van der Waals surface area contributed by atoms with Gasteiger partial charge in [-0.3, -0.25) is 0 Å². The van der Waals surface area contributed by atoms with E-state index in [0.29, 0.717) is 0 Å². The summed E-state index contributed by atoms with van der Waals surface area (Å²) >= 11 is 0. The summed E-state index contributed by atoms with van der Waals surface area (Å²) in [7, 11) is 1.14. The van der Waals surface area contributed by atoms with Gasteiger partial charge in [0, 0.05) is 7.05 Å². The van der Waals surface area contributed by atoms with Crippen LogP contribution in [0, 0.1) is 0 Å². The minimum absolute atomic E-state index is 0.0123. The van der Waals surface area contributed by atoms with Gasteiger partial charge in [0.05, 0.1) is 5.69 Å². The molecule has 17 heavy (non-hydrogen) atoms. The van der Waals surface area contributed by atoms with E-state index in [0.717, 1.165) is 18.0 Å². The Balaban J connectivity index is 3.04. The summed E-state index contributed by atoms with van der Waals surface area (Å²) in [4.78, 5) is 14.9. The van der Waals surface area contributed by atoms with E-state index in [1.165, 1.54) is 6.07 Å². The molecule has 0 atom stereocenters. The number of aromatic nitrogens is 1. The van der Waals surface area contributed by atoms with Crippen LogP contribution in [0.5, 0.6) is 0 Å². The van der Waals surface area contributed by atoms with Crippen molar-refractivity contribution >= 4 is 17.5 Å². The van der Waals surface area contributed by atoms with Crippen LogP contribution in [0.3, 0.4) is 0 Å². The fourth-order valence-electron chi connectivity index (χ4n) is 1.23.